The van der Waals surface area contributed by atoms with Crippen LogP contribution in [0.2, 0.25) is 5.02 Å². The summed E-state index contributed by atoms with van der Waals surface area (Å²) in [6.45, 7) is 0. The number of aryl methyl sites for hydroxylation is 1. The van der Waals surface area contributed by atoms with Crippen molar-refractivity contribution in [2.24, 2.45) is 5.92 Å². The highest BCUT2D eigenvalue weighted by Crippen LogP contribution is 2.32. The van der Waals surface area contributed by atoms with Crippen LogP contribution in [0.25, 0.3) is 22.1 Å². The molecule has 0 radical (unpaired) electrons. The van der Waals surface area contributed by atoms with E-state index in [-0.39, 0.29) is 0 Å². The van der Waals surface area contributed by atoms with E-state index in [0.29, 0.717) is 11.1 Å². The number of halogens is 1. The second kappa shape index (κ2) is 8.60. The summed E-state index contributed by atoms with van der Waals surface area (Å²) in [6, 6.07) is 12.1. The van der Waals surface area contributed by atoms with Crippen LogP contribution < -0.4 is 4.74 Å². The van der Waals surface area contributed by atoms with Crippen LogP contribution in [0.4, 0.5) is 0 Å². The van der Waals surface area contributed by atoms with Crippen molar-refractivity contribution in [2.45, 2.75) is 51.0 Å². The molecule has 0 spiro atoms. The second-order valence-electron chi connectivity index (χ2n) is 8.19. The standard InChI is InChI=1S/C24H25ClN4O/c25-17-14-21-24(27-15-17)29-23(28-21)7-3-4-16-8-10-18(11-9-16)30-22-12-13-26-20-6-2-1-5-19(20)22/h1-2,5-6,12-16,18H,3-4,7-11H2,(H,27,28,29)/t16-,18-. The SMILES string of the molecule is Clc1cnc2nc(CCC[C@H]3CC[C@H](Oc4ccnc5ccccc45)CC3)[nH]c2c1. The van der Waals surface area contributed by atoms with Crippen molar-refractivity contribution in [3.63, 3.8) is 0 Å². The number of benzene rings is 1. The fraction of sp³-hybridized carbons (Fsp3) is 0.375. The van der Waals surface area contributed by atoms with Gasteiger partial charge < -0.3 is 9.72 Å². The average Bonchev–Trinajstić information content (AvgIpc) is 3.17. The van der Waals surface area contributed by atoms with Gasteiger partial charge in [-0.05, 0) is 62.3 Å². The molecule has 5 nitrogen and oxygen atoms in total. The molecule has 1 fully saturated rings. The molecule has 3 aromatic heterocycles. The Labute approximate surface area is 180 Å². The van der Waals surface area contributed by atoms with Crippen molar-refractivity contribution in [2.75, 3.05) is 0 Å². The van der Waals surface area contributed by atoms with Crippen LogP contribution in [0.1, 0.15) is 44.3 Å². The molecule has 0 amide bonds. The minimum absolute atomic E-state index is 0.304. The Morgan fingerprint density at radius 3 is 2.83 bits per heavy atom. The maximum Gasteiger partial charge on any atom is 0.177 e. The fourth-order valence-electron chi connectivity index (χ4n) is 4.49. The highest BCUT2D eigenvalue weighted by atomic mass is 35.5. The first-order valence-corrected chi connectivity index (χ1v) is 11.1. The lowest BCUT2D eigenvalue weighted by molar-refractivity contribution is 0.129. The quantitative estimate of drug-likeness (QED) is 0.408. The van der Waals surface area contributed by atoms with Gasteiger partial charge in [0.2, 0.25) is 0 Å². The number of ether oxygens (including phenoxy) is 1. The molecule has 3 heterocycles. The van der Waals surface area contributed by atoms with Crippen LogP contribution in [-0.2, 0) is 6.42 Å². The molecule has 0 bridgehead atoms. The van der Waals surface area contributed by atoms with Crippen LogP contribution in [0, 0.1) is 5.92 Å². The van der Waals surface area contributed by atoms with E-state index in [1.165, 1.54) is 19.3 Å². The van der Waals surface area contributed by atoms with Gasteiger partial charge in [0.1, 0.15) is 11.6 Å². The van der Waals surface area contributed by atoms with Gasteiger partial charge in [-0.25, -0.2) is 9.97 Å². The first-order valence-electron chi connectivity index (χ1n) is 10.7. The fourth-order valence-corrected chi connectivity index (χ4v) is 4.65. The molecule has 154 valence electrons. The minimum Gasteiger partial charge on any atom is -0.490 e. The predicted molar refractivity (Wildman–Crippen MR) is 120 cm³/mol. The van der Waals surface area contributed by atoms with Gasteiger partial charge >= 0.3 is 0 Å². The lowest BCUT2D eigenvalue weighted by Gasteiger charge is -2.29. The van der Waals surface area contributed by atoms with Gasteiger partial charge in [0.05, 0.1) is 22.2 Å². The summed E-state index contributed by atoms with van der Waals surface area (Å²) in [5.41, 5.74) is 2.65. The monoisotopic (exact) mass is 420 g/mol. The summed E-state index contributed by atoms with van der Waals surface area (Å²) in [5, 5.41) is 1.74. The van der Waals surface area contributed by atoms with E-state index in [2.05, 4.69) is 26.0 Å². The third kappa shape index (κ3) is 4.26. The average molecular weight is 421 g/mol. The van der Waals surface area contributed by atoms with E-state index < -0.39 is 0 Å². The molecule has 5 rings (SSSR count). The summed E-state index contributed by atoms with van der Waals surface area (Å²) < 4.78 is 6.36. The van der Waals surface area contributed by atoms with Gasteiger partial charge in [0, 0.05) is 24.2 Å². The smallest absolute Gasteiger partial charge is 0.177 e. The van der Waals surface area contributed by atoms with Crippen molar-refractivity contribution in [3.8, 4) is 5.75 Å². The molecule has 1 aliphatic carbocycles. The maximum absolute atomic E-state index is 6.36. The number of nitrogens with zero attached hydrogens (tertiary/aromatic N) is 3. The molecule has 6 heteroatoms. The van der Waals surface area contributed by atoms with Gasteiger partial charge in [-0.15, -0.1) is 0 Å². The van der Waals surface area contributed by atoms with Crippen LogP contribution in [0.3, 0.4) is 0 Å². The lowest BCUT2D eigenvalue weighted by atomic mass is 9.84. The number of para-hydroxylation sites is 1. The number of hydrogen-bond donors (Lipinski definition) is 1. The molecule has 4 aromatic rings. The summed E-state index contributed by atoms with van der Waals surface area (Å²) in [6.07, 6.45) is 11.8. The Morgan fingerprint density at radius 1 is 1.07 bits per heavy atom. The first-order chi connectivity index (χ1) is 14.7. The molecule has 1 N–H and O–H groups in total. The Balaban J connectivity index is 1.11. The van der Waals surface area contributed by atoms with Crippen molar-refractivity contribution in [3.05, 3.63) is 59.6 Å². The molecule has 1 saturated carbocycles. The topological polar surface area (TPSA) is 63.7 Å². The third-order valence-electron chi connectivity index (χ3n) is 6.08. The Bertz CT molecular complexity index is 1150. The molecule has 0 saturated heterocycles. The van der Waals surface area contributed by atoms with Crippen molar-refractivity contribution < 1.29 is 4.74 Å². The van der Waals surface area contributed by atoms with Gasteiger partial charge in [-0.2, -0.15) is 0 Å². The largest absolute Gasteiger partial charge is 0.490 e. The highest BCUT2D eigenvalue weighted by molar-refractivity contribution is 6.31. The molecule has 0 unspecified atom stereocenters. The van der Waals surface area contributed by atoms with Crippen molar-refractivity contribution in [1.82, 2.24) is 19.9 Å². The van der Waals surface area contributed by atoms with E-state index in [1.54, 1.807) is 6.20 Å². The Hall–Kier alpha value is -2.66. The highest BCUT2D eigenvalue weighted by Gasteiger charge is 2.23. The summed E-state index contributed by atoms with van der Waals surface area (Å²) >= 11 is 6.00. The minimum atomic E-state index is 0.304. The number of aromatic amines is 1. The second-order valence-corrected chi connectivity index (χ2v) is 8.62. The number of fused-ring (bicyclic) bond motifs is 2. The van der Waals surface area contributed by atoms with E-state index in [0.717, 1.165) is 65.2 Å². The van der Waals surface area contributed by atoms with Crippen LogP contribution in [0.15, 0.2) is 48.8 Å². The maximum atomic E-state index is 6.36. The van der Waals surface area contributed by atoms with Gasteiger partial charge in [-0.1, -0.05) is 30.2 Å². The molecular weight excluding hydrogens is 396 g/mol. The molecule has 1 aliphatic rings. The van der Waals surface area contributed by atoms with E-state index in [9.17, 15) is 0 Å². The number of imidazole rings is 1. The van der Waals surface area contributed by atoms with Crippen molar-refractivity contribution >= 4 is 33.7 Å². The number of aromatic nitrogens is 4. The van der Waals surface area contributed by atoms with E-state index in [1.807, 2.05) is 36.5 Å². The van der Waals surface area contributed by atoms with Crippen LogP contribution >= 0.6 is 11.6 Å². The van der Waals surface area contributed by atoms with Crippen molar-refractivity contribution in [1.29, 1.82) is 0 Å². The molecular formula is C24H25ClN4O. The number of nitrogens with one attached hydrogen (secondary N) is 1. The number of H-pyrrole nitrogens is 1. The number of pyridine rings is 2. The normalized spacial score (nSPS) is 19.4. The summed E-state index contributed by atoms with van der Waals surface area (Å²) in [5.74, 6) is 2.74. The predicted octanol–water partition coefficient (Wildman–Crippen LogP) is 6.12. The van der Waals surface area contributed by atoms with Gasteiger partial charge in [0.15, 0.2) is 5.65 Å². The van der Waals surface area contributed by atoms with Gasteiger partial charge in [-0.3, -0.25) is 4.98 Å². The zero-order valence-electron chi connectivity index (χ0n) is 16.9. The third-order valence-corrected chi connectivity index (χ3v) is 6.28. The number of rotatable bonds is 6. The van der Waals surface area contributed by atoms with E-state index >= 15 is 0 Å². The van der Waals surface area contributed by atoms with E-state index in [4.69, 9.17) is 16.3 Å². The molecule has 0 aliphatic heterocycles. The zero-order valence-corrected chi connectivity index (χ0v) is 17.6. The molecule has 0 atom stereocenters. The molecule has 1 aromatic carbocycles. The number of hydrogen-bond acceptors (Lipinski definition) is 4. The zero-order chi connectivity index (χ0) is 20.3. The molecule has 30 heavy (non-hydrogen) atoms. The Morgan fingerprint density at radius 2 is 1.93 bits per heavy atom. The Kier molecular flexibility index (Phi) is 5.54. The van der Waals surface area contributed by atoms with Crippen LogP contribution in [-0.4, -0.2) is 26.0 Å². The van der Waals surface area contributed by atoms with Crippen LogP contribution in [0.5, 0.6) is 5.75 Å². The summed E-state index contributed by atoms with van der Waals surface area (Å²) in [4.78, 5) is 16.6. The lowest BCUT2D eigenvalue weighted by Crippen LogP contribution is -2.24. The summed E-state index contributed by atoms with van der Waals surface area (Å²) in [7, 11) is 0. The van der Waals surface area contributed by atoms with Gasteiger partial charge in [0.25, 0.3) is 0 Å². The first kappa shape index (κ1) is 19.3.